The summed E-state index contributed by atoms with van der Waals surface area (Å²) < 4.78 is 0. The number of likely N-dealkylation sites (tertiary alicyclic amines) is 1. The van der Waals surface area contributed by atoms with Gasteiger partial charge in [-0.1, -0.05) is 20.3 Å². The van der Waals surface area contributed by atoms with Crippen LogP contribution in [0.2, 0.25) is 0 Å². The summed E-state index contributed by atoms with van der Waals surface area (Å²) in [6.45, 7) is 6.59. The van der Waals surface area contributed by atoms with Crippen LogP contribution in [0.4, 0.5) is 0 Å². The first-order valence-corrected chi connectivity index (χ1v) is 5.22. The predicted octanol–water partition coefficient (Wildman–Crippen LogP) is 0.520. The number of aliphatic carboxylic acids is 1. The summed E-state index contributed by atoms with van der Waals surface area (Å²) in [5.74, 6) is -0.254. The molecule has 1 fully saturated rings. The Labute approximate surface area is 85.1 Å². The van der Waals surface area contributed by atoms with Crippen molar-refractivity contribution in [2.75, 3.05) is 19.6 Å². The summed E-state index contributed by atoms with van der Waals surface area (Å²) in [6, 6.07) is 0. The van der Waals surface area contributed by atoms with Crippen LogP contribution in [0.1, 0.15) is 26.7 Å². The summed E-state index contributed by atoms with van der Waals surface area (Å²) in [7, 11) is 0. The minimum Gasteiger partial charge on any atom is -0.480 e. The average molecular weight is 200 g/mol. The summed E-state index contributed by atoms with van der Waals surface area (Å²) in [5.41, 5.74) is 4.76. The molecule has 0 radical (unpaired) electrons. The van der Waals surface area contributed by atoms with Gasteiger partial charge in [0.2, 0.25) is 0 Å². The highest BCUT2D eigenvalue weighted by Gasteiger charge is 2.41. The molecule has 1 saturated heterocycles. The number of rotatable bonds is 4. The molecule has 0 aliphatic carbocycles. The van der Waals surface area contributed by atoms with Crippen molar-refractivity contribution in [3.8, 4) is 0 Å². The predicted molar refractivity (Wildman–Crippen MR) is 55.1 cm³/mol. The van der Waals surface area contributed by atoms with E-state index in [-0.39, 0.29) is 0 Å². The Morgan fingerprint density at radius 2 is 2.36 bits per heavy atom. The van der Waals surface area contributed by atoms with Gasteiger partial charge in [0, 0.05) is 19.6 Å². The molecular weight excluding hydrogens is 180 g/mol. The van der Waals surface area contributed by atoms with Crippen molar-refractivity contribution in [3.63, 3.8) is 0 Å². The van der Waals surface area contributed by atoms with Crippen molar-refractivity contribution in [1.82, 2.24) is 4.90 Å². The number of carboxylic acid groups (broad SMARTS) is 1. The molecule has 2 unspecified atom stereocenters. The lowest BCUT2D eigenvalue weighted by atomic mass is 10.0. The summed E-state index contributed by atoms with van der Waals surface area (Å²) in [6.07, 6.45) is 1.69. The quantitative estimate of drug-likeness (QED) is 0.694. The van der Waals surface area contributed by atoms with Gasteiger partial charge in [0.15, 0.2) is 0 Å². The fraction of sp³-hybridized carbons (Fsp3) is 0.900. The molecule has 0 amide bonds. The first-order chi connectivity index (χ1) is 6.48. The summed E-state index contributed by atoms with van der Waals surface area (Å²) in [5, 5.41) is 8.93. The zero-order chi connectivity index (χ0) is 10.8. The Bertz CT molecular complexity index is 220. The van der Waals surface area contributed by atoms with Gasteiger partial charge in [-0.2, -0.15) is 0 Å². The molecule has 14 heavy (non-hydrogen) atoms. The van der Waals surface area contributed by atoms with E-state index in [0.717, 1.165) is 19.5 Å². The first kappa shape index (κ1) is 11.5. The van der Waals surface area contributed by atoms with E-state index in [1.54, 1.807) is 0 Å². The molecule has 3 N–H and O–H groups in total. The minimum atomic E-state index is -1.01. The van der Waals surface area contributed by atoms with E-state index in [1.165, 1.54) is 0 Å². The molecule has 4 heteroatoms. The smallest absolute Gasteiger partial charge is 0.325 e. The van der Waals surface area contributed by atoms with E-state index < -0.39 is 11.5 Å². The zero-order valence-corrected chi connectivity index (χ0v) is 8.99. The van der Waals surface area contributed by atoms with Crippen LogP contribution < -0.4 is 5.73 Å². The molecule has 1 aliphatic heterocycles. The number of nitrogens with zero attached hydrogens (tertiary/aromatic N) is 1. The molecule has 1 heterocycles. The van der Waals surface area contributed by atoms with Gasteiger partial charge >= 0.3 is 5.97 Å². The van der Waals surface area contributed by atoms with E-state index in [2.05, 4.69) is 18.7 Å². The van der Waals surface area contributed by atoms with E-state index in [0.29, 0.717) is 18.9 Å². The van der Waals surface area contributed by atoms with E-state index >= 15 is 0 Å². The highest BCUT2D eigenvalue weighted by Crippen LogP contribution is 2.20. The van der Waals surface area contributed by atoms with Crippen LogP contribution in [-0.2, 0) is 4.79 Å². The molecule has 82 valence electrons. The number of carbonyl (C=O) groups is 1. The van der Waals surface area contributed by atoms with Gasteiger partial charge < -0.3 is 15.7 Å². The Morgan fingerprint density at radius 1 is 1.71 bits per heavy atom. The molecule has 1 rings (SSSR count). The van der Waals surface area contributed by atoms with Crippen LogP contribution in [0, 0.1) is 5.92 Å². The topological polar surface area (TPSA) is 66.6 Å². The second-order valence-corrected chi connectivity index (χ2v) is 4.46. The normalized spacial score (nSPS) is 30.5. The third-order valence-electron chi connectivity index (χ3n) is 3.07. The Kier molecular flexibility index (Phi) is 3.50. The van der Waals surface area contributed by atoms with Crippen molar-refractivity contribution < 1.29 is 9.90 Å². The molecule has 0 bridgehead atoms. The van der Waals surface area contributed by atoms with Crippen molar-refractivity contribution in [2.24, 2.45) is 11.7 Å². The van der Waals surface area contributed by atoms with Crippen LogP contribution in [0.15, 0.2) is 0 Å². The van der Waals surface area contributed by atoms with Crippen LogP contribution in [0.25, 0.3) is 0 Å². The zero-order valence-electron chi connectivity index (χ0n) is 8.99. The fourth-order valence-corrected chi connectivity index (χ4v) is 1.82. The van der Waals surface area contributed by atoms with Crippen LogP contribution in [0.3, 0.4) is 0 Å². The lowest BCUT2D eigenvalue weighted by molar-refractivity contribution is -0.142. The molecule has 0 aromatic heterocycles. The molecule has 4 nitrogen and oxygen atoms in total. The second-order valence-electron chi connectivity index (χ2n) is 4.46. The molecular formula is C10H20N2O2. The summed E-state index contributed by atoms with van der Waals surface area (Å²) >= 11 is 0. The maximum atomic E-state index is 10.9. The van der Waals surface area contributed by atoms with Crippen LogP contribution >= 0.6 is 0 Å². The fourth-order valence-electron chi connectivity index (χ4n) is 1.82. The van der Waals surface area contributed by atoms with Crippen molar-refractivity contribution >= 4 is 5.97 Å². The SMILES string of the molecule is CCC(C)CN1CCC(N)(C(=O)O)C1. The van der Waals surface area contributed by atoms with Gasteiger partial charge in [0.1, 0.15) is 5.54 Å². The van der Waals surface area contributed by atoms with Crippen molar-refractivity contribution in [3.05, 3.63) is 0 Å². The average Bonchev–Trinajstić information content (AvgIpc) is 2.49. The lowest BCUT2D eigenvalue weighted by Gasteiger charge is -2.22. The van der Waals surface area contributed by atoms with Gasteiger partial charge in [-0.25, -0.2) is 0 Å². The second kappa shape index (κ2) is 4.28. The Balaban J connectivity index is 2.45. The number of hydrogen-bond donors (Lipinski definition) is 2. The van der Waals surface area contributed by atoms with Gasteiger partial charge in [0.05, 0.1) is 0 Å². The van der Waals surface area contributed by atoms with Crippen molar-refractivity contribution in [1.29, 1.82) is 0 Å². The number of carboxylic acids is 1. The maximum absolute atomic E-state index is 10.9. The highest BCUT2D eigenvalue weighted by molar-refractivity contribution is 5.79. The van der Waals surface area contributed by atoms with Gasteiger partial charge in [0.25, 0.3) is 0 Å². The molecule has 0 saturated carbocycles. The van der Waals surface area contributed by atoms with Crippen LogP contribution in [-0.4, -0.2) is 41.1 Å². The standard InChI is InChI=1S/C10H20N2O2/c1-3-8(2)6-12-5-4-10(11,7-12)9(13)14/h8H,3-7,11H2,1-2H3,(H,13,14). The van der Waals surface area contributed by atoms with Crippen molar-refractivity contribution in [2.45, 2.75) is 32.2 Å². The molecule has 0 aromatic rings. The minimum absolute atomic E-state index is 0.493. The molecule has 2 atom stereocenters. The van der Waals surface area contributed by atoms with E-state index in [4.69, 9.17) is 10.8 Å². The Hall–Kier alpha value is -0.610. The van der Waals surface area contributed by atoms with Crippen LogP contribution in [0.5, 0.6) is 0 Å². The Morgan fingerprint density at radius 3 is 2.79 bits per heavy atom. The highest BCUT2D eigenvalue weighted by atomic mass is 16.4. The summed E-state index contributed by atoms with van der Waals surface area (Å²) in [4.78, 5) is 13.0. The molecule has 0 aromatic carbocycles. The van der Waals surface area contributed by atoms with E-state index in [9.17, 15) is 4.79 Å². The van der Waals surface area contributed by atoms with Gasteiger partial charge in [-0.05, 0) is 12.3 Å². The third kappa shape index (κ3) is 2.45. The number of nitrogens with two attached hydrogens (primary N) is 1. The maximum Gasteiger partial charge on any atom is 0.325 e. The van der Waals surface area contributed by atoms with Gasteiger partial charge in [-0.15, -0.1) is 0 Å². The molecule has 1 aliphatic rings. The molecule has 0 spiro atoms. The third-order valence-corrected chi connectivity index (χ3v) is 3.07. The van der Waals surface area contributed by atoms with Gasteiger partial charge in [-0.3, -0.25) is 4.79 Å². The lowest BCUT2D eigenvalue weighted by Crippen LogP contribution is -2.50. The monoisotopic (exact) mass is 200 g/mol. The largest absolute Gasteiger partial charge is 0.480 e. The first-order valence-electron chi connectivity index (χ1n) is 5.22. The number of hydrogen-bond acceptors (Lipinski definition) is 3. The van der Waals surface area contributed by atoms with E-state index in [1.807, 2.05) is 0 Å².